The molecule has 0 aromatic heterocycles. The van der Waals surface area contributed by atoms with Crippen molar-refractivity contribution >= 4 is 5.97 Å². The van der Waals surface area contributed by atoms with Crippen LogP contribution >= 0.6 is 0 Å². The summed E-state index contributed by atoms with van der Waals surface area (Å²) in [5, 5.41) is 28.4. The Balaban J connectivity index is 2.57. The minimum Gasteiger partial charge on any atom is -0.507 e. The van der Waals surface area contributed by atoms with Crippen LogP contribution in [0, 0.1) is 0 Å². The third kappa shape index (κ3) is 1.25. The van der Waals surface area contributed by atoms with Crippen molar-refractivity contribution in [1.29, 1.82) is 0 Å². The quantitative estimate of drug-likeness (QED) is 0.689. The molecular formula is C11H12O4. The first-order valence-corrected chi connectivity index (χ1v) is 4.83. The number of carboxylic acids is 1. The summed E-state index contributed by atoms with van der Waals surface area (Å²) in [5.74, 6) is -1.26. The molecule has 1 aliphatic carbocycles. The molecule has 0 unspecified atom stereocenters. The first-order chi connectivity index (χ1) is 7.08. The molecule has 0 amide bonds. The maximum absolute atomic E-state index is 11.2. The van der Waals surface area contributed by atoms with Crippen LogP contribution in [0.3, 0.4) is 0 Å². The van der Waals surface area contributed by atoms with E-state index in [-0.39, 0.29) is 17.1 Å². The zero-order valence-electron chi connectivity index (χ0n) is 8.10. The molecule has 4 heteroatoms. The predicted molar refractivity (Wildman–Crippen MR) is 52.9 cm³/mol. The number of hydrogen-bond acceptors (Lipinski definition) is 3. The summed E-state index contributed by atoms with van der Waals surface area (Å²) in [4.78, 5) is 11.2. The van der Waals surface area contributed by atoms with Crippen LogP contribution < -0.4 is 0 Å². The van der Waals surface area contributed by atoms with Gasteiger partial charge in [0.1, 0.15) is 11.5 Å². The molecule has 0 spiro atoms. The Morgan fingerprint density at radius 3 is 2.07 bits per heavy atom. The van der Waals surface area contributed by atoms with Crippen LogP contribution in [0.25, 0.3) is 0 Å². The lowest BCUT2D eigenvalue weighted by Crippen LogP contribution is -2.42. The highest BCUT2D eigenvalue weighted by Gasteiger charge is 2.49. The molecule has 0 heterocycles. The van der Waals surface area contributed by atoms with Crippen molar-refractivity contribution in [2.45, 2.75) is 24.7 Å². The van der Waals surface area contributed by atoms with Gasteiger partial charge in [0.25, 0.3) is 0 Å². The first kappa shape index (κ1) is 9.83. The van der Waals surface area contributed by atoms with Gasteiger partial charge in [0, 0.05) is 0 Å². The maximum atomic E-state index is 11.2. The second-order valence-electron chi connectivity index (χ2n) is 3.91. The fraction of sp³-hybridized carbons (Fsp3) is 0.364. The summed E-state index contributed by atoms with van der Waals surface area (Å²) in [6.07, 6.45) is 1.74. The average Bonchev–Trinajstić information content (AvgIpc) is 2.07. The van der Waals surface area contributed by atoms with Gasteiger partial charge in [0.2, 0.25) is 0 Å². The molecule has 0 atom stereocenters. The molecule has 0 bridgehead atoms. The third-order valence-corrected chi connectivity index (χ3v) is 3.12. The van der Waals surface area contributed by atoms with Gasteiger partial charge in [-0.1, -0.05) is 12.5 Å². The van der Waals surface area contributed by atoms with E-state index in [0.717, 1.165) is 6.42 Å². The zero-order valence-corrected chi connectivity index (χ0v) is 8.10. The summed E-state index contributed by atoms with van der Waals surface area (Å²) in [7, 11) is 0. The molecule has 1 aliphatic rings. The van der Waals surface area contributed by atoms with Gasteiger partial charge < -0.3 is 15.3 Å². The highest BCUT2D eigenvalue weighted by atomic mass is 16.4. The monoisotopic (exact) mass is 208 g/mol. The Hall–Kier alpha value is -1.71. The smallest absolute Gasteiger partial charge is 0.314 e. The summed E-state index contributed by atoms with van der Waals surface area (Å²) in [6.45, 7) is 0. The van der Waals surface area contributed by atoms with E-state index in [1.165, 1.54) is 18.2 Å². The van der Waals surface area contributed by atoms with Crippen molar-refractivity contribution in [2.24, 2.45) is 0 Å². The van der Waals surface area contributed by atoms with Crippen LogP contribution in [-0.2, 0) is 10.2 Å². The number of aliphatic carboxylic acids is 1. The first-order valence-electron chi connectivity index (χ1n) is 4.83. The average molecular weight is 208 g/mol. The van der Waals surface area contributed by atoms with Crippen molar-refractivity contribution in [3.05, 3.63) is 23.8 Å². The van der Waals surface area contributed by atoms with Gasteiger partial charge in [-0.2, -0.15) is 0 Å². The van der Waals surface area contributed by atoms with E-state index < -0.39 is 11.4 Å². The van der Waals surface area contributed by atoms with Gasteiger partial charge in [-0.25, -0.2) is 0 Å². The van der Waals surface area contributed by atoms with Crippen LogP contribution in [0.4, 0.5) is 0 Å². The van der Waals surface area contributed by atoms with E-state index in [9.17, 15) is 15.0 Å². The Labute approximate surface area is 86.8 Å². The number of aromatic hydroxyl groups is 2. The number of rotatable bonds is 2. The fourth-order valence-corrected chi connectivity index (χ4v) is 2.12. The Kier molecular flexibility index (Phi) is 2.07. The Bertz CT molecular complexity index is 387. The van der Waals surface area contributed by atoms with Gasteiger partial charge in [-0.15, -0.1) is 0 Å². The van der Waals surface area contributed by atoms with E-state index in [2.05, 4.69) is 0 Å². The molecule has 1 saturated carbocycles. The third-order valence-electron chi connectivity index (χ3n) is 3.12. The van der Waals surface area contributed by atoms with E-state index in [0.29, 0.717) is 12.8 Å². The van der Waals surface area contributed by atoms with Crippen LogP contribution in [0.15, 0.2) is 18.2 Å². The standard InChI is InChI=1S/C11H12O4/c12-7-3-1-4-8(13)9(7)11(10(14)15)5-2-6-11/h1,3-4,12-13H,2,5-6H2,(H,14,15). The summed E-state index contributed by atoms with van der Waals surface area (Å²) in [5.41, 5.74) is -0.932. The number of carbonyl (C=O) groups is 1. The molecular weight excluding hydrogens is 196 g/mol. The lowest BCUT2D eigenvalue weighted by atomic mass is 9.64. The van der Waals surface area contributed by atoms with Crippen LogP contribution in [-0.4, -0.2) is 21.3 Å². The van der Waals surface area contributed by atoms with Gasteiger partial charge in [-0.05, 0) is 25.0 Å². The highest BCUT2D eigenvalue weighted by Crippen LogP contribution is 2.50. The van der Waals surface area contributed by atoms with Crippen molar-refractivity contribution in [1.82, 2.24) is 0 Å². The van der Waals surface area contributed by atoms with Crippen LogP contribution in [0.2, 0.25) is 0 Å². The van der Waals surface area contributed by atoms with Gasteiger partial charge in [0.05, 0.1) is 11.0 Å². The van der Waals surface area contributed by atoms with E-state index >= 15 is 0 Å². The Morgan fingerprint density at radius 1 is 1.20 bits per heavy atom. The fourth-order valence-electron chi connectivity index (χ4n) is 2.12. The maximum Gasteiger partial charge on any atom is 0.314 e. The van der Waals surface area contributed by atoms with Crippen molar-refractivity contribution in [2.75, 3.05) is 0 Å². The highest BCUT2D eigenvalue weighted by molar-refractivity contribution is 5.84. The van der Waals surface area contributed by atoms with Crippen LogP contribution in [0.1, 0.15) is 24.8 Å². The van der Waals surface area contributed by atoms with E-state index in [1.54, 1.807) is 0 Å². The molecule has 1 aromatic rings. The second-order valence-corrected chi connectivity index (χ2v) is 3.91. The molecule has 2 rings (SSSR count). The SMILES string of the molecule is O=C(O)C1(c2c(O)cccc2O)CCC1. The molecule has 1 fully saturated rings. The van der Waals surface area contributed by atoms with E-state index in [1.807, 2.05) is 0 Å². The van der Waals surface area contributed by atoms with Gasteiger partial charge >= 0.3 is 5.97 Å². The topological polar surface area (TPSA) is 77.8 Å². The van der Waals surface area contributed by atoms with E-state index in [4.69, 9.17) is 5.11 Å². The molecule has 0 saturated heterocycles. The molecule has 0 radical (unpaired) electrons. The number of carboxylic acid groups (broad SMARTS) is 1. The normalized spacial score (nSPS) is 18.1. The number of hydrogen-bond donors (Lipinski definition) is 3. The van der Waals surface area contributed by atoms with Crippen LogP contribution in [0.5, 0.6) is 11.5 Å². The van der Waals surface area contributed by atoms with Crippen molar-refractivity contribution < 1.29 is 20.1 Å². The minimum absolute atomic E-state index is 0.142. The second kappa shape index (κ2) is 3.15. The van der Waals surface area contributed by atoms with Gasteiger partial charge in [0.15, 0.2) is 0 Å². The predicted octanol–water partition coefficient (Wildman–Crippen LogP) is 1.60. The molecule has 80 valence electrons. The summed E-state index contributed by atoms with van der Waals surface area (Å²) >= 11 is 0. The number of phenolic OH excluding ortho intramolecular Hbond substituents is 2. The number of benzene rings is 1. The number of phenols is 2. The Morgan fingerprint density at radius 2 is 1.73 bits per heavy atom. The molecule has 3 N–H and O–H groups in total. The lowest BCUT2D eigenvalue weighted by molar-refractivity contribution is -0.147. The summed E-state index contributed by atoms with van der Waals surface area (Å²) < 4.78 is 0. The molecule has 1 aromatic carbocycles. The molecule has 4 nitrogen and oxygen atoms in total. The minimum atomic E-state index is -1.09. The molecule has 15 heavy (non-hydrogen) atoms. The summed E-state index contributed by atoms with van der Waals surface area (Å²) in [6, 6.07) is 4.29. The molecule has 0 aliphatic heterocycles. The van der Waals surface area contributed by atoms with Crippen molar-refractivity contribution in [3.8, 4) is 11.5 Å². The van der Waals surface area contributed by atoms with Gasteiger partial charge in [-0.3, -0.25) is 4.79 Å². The van der Waals surface area contributed by atoms with Crippen molar-refractivity contribution in [3.63, 3.8) is 0 Å². The lowest BCUT2D eigenvalue weighted by Gasteiger charge is -2.38. The zero-order chi connectivity index (χ0) is 11.1. The largest absolute Gasteiger partial charge is 0.507 e.